The van der Waals surface area contributed by atoms with Crippen LogP contribution in [-0.4, -0.2) is 57.2 Å². The van der Waals surface area contributed by atoms with Crippen molar-refractivity contribution in [3.05, 3.63) is 84.3 Å². The standard InChI is InChI=1S/C26H32FN5O3/c1-16(2)24-20(28-23(31-24)8-5-9-32-10-11-35-17(3)15-32)14-22-26(34)29-21(25(33)30-22)13-18-6-4-7-19(27)12-18/h4,6-7,12-14,16-17H,5,8-11,15H2,1-3H3,(H,28,31)(H,29,34)(H,30,33)/b21-13-,22-14-/t17-/m1/s1. The number of aryl methyl sites for hydroxylation is 1. The summed E-state index contributed by atoms with van der Waals surface area (Å²) < 4.78 is 19.0. The molecule has 35 heavy (non-hydrogen) atoms. The van der Waals surface area contributed by atoms with Gasteiger partial charge in [-0.3, -0.25) is 14.5 Å². The molecule has 1 atom stereocenters. The first-order valence-corrected chi connectivity index (χ1v) is 12.0. The first kappa shape index (κ1) is 24.8. The average Bonchev–Trinajstić information content (AvgIpc) is 3.20. The Morgan fingerprint density at radius 3 is 2.60 bits per heavy atom. The number of halogens is 1. The number of nitrogens with one attached hydrogen (secondary N) is 3. The number of aromatic amines is 3. The van der Waals surface area contributed by atoms with E-state index >= 15 is 0 Å². The van der Waals surface area contributed by atoms with Crippen molar-refractivity contribution in [3.63, 3.8) is 0 Å². The number of H-pyrrole nitrogens is 3. The van der Waals surface area contributed by atoms with Gasteiger partial charge >= 0.3 is 0 Å². The van der Waals surface area contributed by atoms with E-state index in [1.54, 1.807) is 18.2 Å². The van der Waals surface area contributed by atoms with E-state index in [1.807, 2.05) is 13.8 Å². The minimum absolute atomic E-state index is 0.0574. The number of hydrogen-bond donors (Lipinski definition) is 3. The number of rotatable bonds is 7. The Bertz CT molecular complexity index is 1410. The van der Waals surface area contributed by atoms with Crippen LogP contribution in [0.25, 0.3) is 12.2 Å². The lowest BCUT2D eigenvalue weighted by Gasteiger charge is -2.30. The summed E-state index contributed by atoms with van der Waals surface area (Å²) in [6.45, 7) is 9.82. The molecule has 1 aliphatic rings. The van der Waals surface area contributed by atoms with Crippen LogP contribution < -0.4 is 21.8 Å². The minimum Gasteiger partial charge on any atom is -0.376 e. The second-order valence-electron chi connectivity index (χ2n) is 9.30. The molecule has 1 aliphatic heterocycles. The number of imidazole rings is 1. The monoisotopic (exact) mass is 481 g/mol. The number of aromatic nitrogens is 4. The lowest BCUT2D eigenvalue weighted by molar-refractivity contribution is -0.0184. The average molecular weight is 482 g/mol. The number of morpholine rings is 1. The van der Waals surface area contributed by atoms with Gasteiger partial charge in [-0.05, 0) is 55.7 Å². The number of nitrogens with zero attached hydrogens (tertiary/aromatic N) is 2. The summed E-state index contributed by atoms with van der Waals surface area (Å²) in [6.07, 6.45) is 5.05. The number of hydrogen-bond acceptors (Lipinski definition) is 5. The highest BCUT2D eigenvalue weighted by Crippen LogP contribution is 2.18. The SMILES string of the molecule is CC(C)c1[nH]c(CCCN2CCO[C@H](C)C2)nc1/C=c1\[nH]c(=O)/c(=C/c2cccc(F)c2)[nH]c1=O. The first-order chi connectivity index (χ1) is 16.8. The fourth-order valence-electron chi connectivity index (χ4n) is 4.28. The molecule has 0 unspecified atom stereocenters. The molecule has 9 heteroatoms. The van der Waals surface area contributed by atoms with Crippen LogP contribution in [0.1, 0.15) is 55.9 Å². The van der Waals surface area contributed by atoms with Gasteiger partial charge in [-0.2, -0.15) is 0 Å². The van der Waals surface area contributed by atoms with Crippen LogP contribution in [0.15, 0.2) is 33.9 Å². The Hall–Kier alpha value is -3.30. The molecule has 8 nitrogen and oxygen atoms in total. The van der Waals surface area contributed by atoms with Gasteiger partial charge in [0.25, 0.3) is 11.1 Å². The fourth-order valence-corrected chi connectivity index (χ4v) is 4.28. The van der Waals surface area contributed by atoms with E-state index in [0.29, 0.717) is 11.3 Å². The van der Waals surface area contributed by atoms with Gasteiger partial charge in [-0.15, -0.1) is 0 Å². The Kier molecular flexibility index (Phi) is 7.77. The topological polar surface area (TPSA) is 107 Å². The van der Waals surface area contributed by atoms with Gasteiger partial charge in [0.05, 0.1) is 18.4 Å². The Balaban J connectivity index is 1.57. The van der Waals surface area contributed by atoms with Crippen molar-refractivity contribution >= 4 is 12.2 Å². The minimum atomic E-state index is -0.471. The molecular weight excluding hydrogens is 449 g/mol. The smallest absolute Gasteiger partial charge is 0.272 e. The largest absolute Gasteiger partial charge is 0.376 e. The maximum Gasteiger partial charge on any atom is 0.272 e. The highest BCUT2D eigenvalue weighted by molar-refractivity contribution is 5.49. The molecule has 0 radical (unpaired) electrons. The summed E-state index contributed by atoms with van der Waals surface area (Å²) in [6, 6.07) is 5.80. The van der Waals surface area contributed by atoms with Crippen molar-refractivity contribution in [3.8, 4) is 0 Å². The van der Waals surface area contributed by atoms with Gasteiger partial charge in [-0.1, -0.05) is 26.0 Å². The van der Waals surface area contributed by atoms with Crippen molar-refractivity contribution in [1.82, 2.24) is 24.8 Å². The molecule has 0 spiro atoms. The van der Waals surface area contributed by atoms with E-state index in [2.05, 4.69) is 26.8 Å². The first-order valence-electron chi connectivity index (χ1n) is 12.0. The molecule has 3 heterocycles. The second-order valence-corrected chi connectivity index (χ2v) is 9.30. The quantitative estimate of drug-likeness (QED) is 0.473. The summed E-state index contributed by atoms with van der Waals surface area (Å²) in [5.74, 6) is 0.600. The molecule has 2 aromatic heterocycles. The highest BCUT2D eigenvalue weighted by Gasteiger charge is 2.17. The molecule has 1 saturated heterocycles. The van der Waals surface area contributed by atoms with Crippen LogP contribution in [0.3, 0.4) is 0 Å². The maximum absolute atomic E-state index is 13.4. The third-order valence-electron chi connectivity index (χ3n) is 6.03. The number of benzene rings is 1. The van der Waals surface area contributed by atoms with Gasteiger partial charge in [0.15, 0.2) is 0 Å². The highest BCUT2D eigenvalue weighted by atomic mass is 19.1. The van der Waals surface area contributed by atoms with Crippen LogP contribution in [0.4, 0.5) is 4.39 Å². The molecule has 0 saturated carbocycles. The lowest BCUT2D eigenvalue weighted by atomic mass is 10.1. The fraction of sp³-hybridized carbons (Fsp3) is 0.423. The second kappa shape index (κ2) is 11.0. The molecule has 1 aromatic carbocycles. The zero-order valence-electron chi connectivity index (χ0n) is 20.4. The van der Waals surface area contributed by atoms with Crippen LogP contribution in [0.5, 0.6) is 0 Å². The number of ether oxygens (including phenoxy) is 1. The third-order valence-corrected chi connectivity index (χ3v) is 6.03. The van der Waals surface area contributed by atoms with Crippen molar-refractivity contribution in [2.24, 2.45) is 0 Å². The van der Waals surface area contributed by atoms with E-state index in [1.165, 1.54) is 18.2 Å². The van der Waals surface area contributed by atoms with Gasteiger partial charge in [-0.25, -0.2) is 9.37 Å². The molecule has 4 rings (SSSR count). The van der Waals surface area contributed by atoms with E-state index < -0.39 is 16.9 Å². The third kappa shape index (κ3) is 6.43. The van der Waals surface area contributed by atoms with E-state index in [0.717, 1.165) is 50.6 Å². The normalized spacial score (nSPS) is 18.0. The van der Waals surface area contributed by atoms with Gasteiger partial charge < -0.3 is 19.7 Å². The van der Waals surface area contributed by atoms with Crippen LogP contribution >= 0.6 is 0 Å². The van der Waals surface area contributed by atoms with Crippen molar-refractivity contribution in [2.75, 3.05) is 26.2 Å². The molecule has 186 valence electrons. The van der Waals surface area contributed by atoms with E-state index in [-0.39, 0.29) is 22.7 Å². The summed E-state index contributed by atoms with van der Waals surface area (Å²) in [7, 11) is 0. The molecular formula is C26H32FN5O3. The predicted molar refractivity (Wildman–Crippen MR) is 133 cm³/mol. The summed E-state index contributed by atoms with van der Waals surface area (Å²) in [4.78, 5) is 41.1. The van der Waals surface area contributed by atoms with Crippen molar-refractivity contribution in [2.45, 2.75) is 45.6 Å². The van der Waals surface area contributed by atoms with Crippen LogP contribution in [0, 0.1) is 5.82 Å². The summed E-state index contributed by atoms with van der Waals surface area (Å²) >= 11 is 0. The van der Waals surface area contributed by atoms with Gasteiger partial charge in [0.2, 0.25) is 0 Å². The predicted octanol–water partition coefficient (Wildman–Crippen LogP) is 1.36. The van der Waals surface area contributed by atoms with Gasteiger partial charge in [0, 0.05) is 25.2 Å². The van der Waals surface area contributed by atoms with Crippen molar-refractivity contribution in [1.29, 1.82) is 0 Å². The Morgan fingerprint density at radius 1 is 1.17 bits per heavy atom. The molecule has 0 bridgehead atoms. The van der Waals surface area contributed by atoms with Crippen LogP contribution in [-0.2, 0) is 11.2 Å². The van der Waals surface area contributed by atoms with E-state index in [9.17, 15) is 14.0 Å². The zero-order chi connectivity index (χ0) is 24.9. The summed E-state index contributed by atoms with van der Waals surface area (Å²) in [5.41, 5.74) is 1.11. The van der Waals surface area contributed by atoms with Crippen LogP contribution in [0.2, 0.25) is 0 Å². The van der Waals surface area contributed by atoms with Gasteiger partial charge in [0.1, 0.15) is 22.3 Å². The molecule has 1 fully saturated rings. The zero-order valence-corrected chi connectivity index (χ0v) is 20.4. The Labute approximate surface area is 202 Å². The van der Waals surface area contributed by atoms with E-state index in [4.69, 9.17) is 9.72 Å². The molecule has 0 amide bonds. The summed E-state index contributed by atoms with van der Waals surface area (Å²) in [5, 5.41) is 0.177. The maximum atomic E-state index is 13.4. The molecule has 3 aromatic rings. The Morgan fingerprint density at radius 2 is 1.91 bits per heavy atom. The molecule has 0 aliphatic carbocycles. The molecule has 3 N–H and O–H groups in total. The van der Waals surface area contributed by atoms with Crippen molar-refractivity contribution < 1.29 is 9.13 Å². The lowest BCUT2D eigenvalue weighted by Crippen LogP contribution is -2.46.